The van der Waals surface area contributed by atoms with Gasteiger partial charge in [0.05, 0.1) is 0 Å². The van der Waals surface area contributed by atoms with Crippen molar-refractivity contribution in [3.63, 3.8) is 0 Å². The summed E-state index contributed by atoms with van der Waals surface area (Å²) in [4.78, 5) is 8.53. The van der Waals surface area contributed by atoms with E-state index in [2.05, 4.69) is 23.8 Å². The molecule has 1 saturated carbocycles. The second-order valence-corrected chi connectivity index (χ2v) is 6.00. The predicted octanol–water partition coefficient (Wildman–Crippen LogP) is 2.46. The first-order valence-corrected chi connectivity index (χ1v) is 6.66. The van der Waals surface area contributed by atoms with Crippen LogP contribution in [0.2, 0.25) is 0 Å². The van der Waals surface area contributed by atoms with Crippen molar-refractivity contribution in [2.24, 2.45) is 11.1 Å². The molecular formula is C13H19N3OS. The van der Waals surface area contributed by atoms with Crippen LogP contribution in [0.3, 0.4) is 0 Å². The highest BCUT2D eigenvalue weighted by atomic mass is 32.1. The molecule has 18 heavy (non-hydrogen) atoms. The number of thiocarbonyl (C=S) groups is 1. The van der Waals surface area contributed by atoms with Gasteiger partial charge in [0.25, 0.3) is 0 Å². The van der Waals surface area contributed by atoms with E-state index in [-0.39, 0.29) is 11.1 Å². The molecule has 5 heteroatoms. The Bertz CT molecular complexity index is 438. The van der Waals surface area contributed by atoms with Crippen molar-refractivity contribution >= 4 is 17.2 Å². The number of nitrogens with zero attached hydrogens (tertiary/aromatic N) is 2. The summed E-state index contributed by atoms with van der Waals surface area (Å²) in [6.07, 6.45) is 7.79. The maximum Gasteiger partial charge on any atom is 0.243 e. The third kappa shape index (κ3) is 3.16. The zero-order valence-corrected chi connectivity index (χ0v) is 11.7. The van der Waals surface area contributed by atoms with Crippen LogP contribution < -0.4 is 10.5 Å². The molecule has 4 nitrogen and oxygen atoms in total. The van der Waals surface area contributed by atoms with Crippen molar-refractivity contribution in [3.8, 4) is 5.88 Å². The molecule has 2 N–H and O–H groups in total. The molecule has 0 saturated heterocycles. The van der Waals surface area contributed by atoms with E-state index in [4.69, 9.17) is 22.7 Å². The standard InChI is InChI=1S/C13H19N3OS/c1-13(2)5-3-9(4-6-13)17-12-10(11(14)18)15-7-8-16-12/h7-9H,3-6H2,1-2H3,(H2,14,18). The van der Waals surface area contributed by atoms with Crippen LogP contribution in [0, 0.1) is 5.41 Å². The molecule has 0 spiro atoms. The third-order valence-electron chi connectivity index (χ3n) is 3.46. The van der Waals surface area contributed by atoms with Gasteiger partial charge in [0.15, 0.2) is 5.69 Å². The molecule has 1 aliphatic rings. The van der Waals surface area contributed by atoms with Gasteiger partial charge in [0.2, 0.25) is 5.88 Å². The Labute approximate surface area is 113 Å². The van der Waals surface area contributed by atoms with Gasteiger partial charge < -0.3 is 10.5 Å². The van der Waals surface area contributed by atoms with E-state index >= 15 is 0 Å². The van der Waals surface area contributed by atoms with Gasteiger partial charge in [-0.3, -0.25) is 0 Å². The highest BCUT2D eigenvalue weighted by Crippen LogP contribution is 2.36. The monoisotopic (exact) mass is 265 g/mol. The Hall–Kier alpha value is -1.23. The fourth-order valence-corrected chi connectivity index (χ4v) is 2.37. The minimum Gasteiger partial charge on any atom is -0.473 e. The third-order valence-corrected chi connectivity index (χ3v) is 3.66. The molecule has 0 aromatic carbocycles. The maximum atomic E-state index is 5.90. The molecule has 0 amide bonds. The maximum absolute atomic E-state index is 5.90. The van der Waals surface area contributed by atoms with Crippen LogP contribution in [-0.4, -0.2) is 21.1 Å². The van der Waals surface area contributed by atoms with Gasteiger partial charge in [0, 0.05) is 12.4 Å². The second-order valence-electron chi connectivity index (χ2n) is 5.56. The van der Waals surface area contributed by atoms with E-state index in [0.717, 1.165) is 12.8 Å². The molecule has 1 heterocycles. The Morgan fingerprint density at radius 3 is 2.56 bits per heavy atom. The zero-order valence-electron chi connectivity index (χ0n) is 10.8. The first-order valence-electron chi connectivity index (χ1n) is 6.25. The summed E-state index contributed by atoms with van der Waals surface area (Å²) < 4.78 is 5.90. The van der Waals surface area contributed by atoms with E-state index in [0.29, 0.717) is 17.0 Å². The van der Waals surface area contributed by atoms with Crippen molar-refractivity contribution in [3.05, 3.63) is 18.1 Å². The Balaban J connectivity index is 2.04. The molecule has 1 fully saturated rings. The van der Waals surface area contributed by atoms with E-state index in [1.165, 1.54) is 12.8 Å². The number of hydrogen-bond acceptors (Lipinski definition) is 4. The second kappa shape index (κ2) is 5.18. The van der Waals surface area contributed by atoms with Gasteiger partial charge in [-0.2, -0.15) is 0 Å². The summed E-state index contributed by atoms with van der Waals surface area (Å²) >= 11 is 4.95. The molecule has 0 atom stereocenters. The number of aromatic nitrogens is 2. The van der Waals surface area contributed by atoms with Crippen LogP contribution in [-0.2, 0) is 0 Å². The lowest BCUT2D eigenvalue weighted by Crippen LogP contribution is -2.29. The van der Waals surface area contributed by atoms with Gasteiger partial charge in [0.1, 0.15) is 11.1 Å². The average Bonchev–Trinajstić information content (AvgIpc) is 2.32. The number of ether oxygens (including phenoxy) is 1. The van der Waals surface area contributed by atoms with Crippen molar-refractivity contribution < 1.29 is 4.74 Å². The Morgan fingerprint density at radius 1 is 1.33 bits per heavy atom. The lowest BCUT2D eigenvalue weighted by molar-refractivity contribution is 0.0943. The van der Waals surface area contributed by atoms with E-state index in [1.807, 2.05) is 0 Å². The van der Waals surface area contributed by atoms with Gasteiger partial charge >= 0.3 is 0 Å². The number of rotatable bonds is 3. The smallest absolute Gasteiger partial charge is 0.243 e. The van der Waals surface area contributed by atoms with Crippen LogP contribution in [0.25, 0.3) is 0 Å². The van der Waals surface area contributed by atoms with Crippen LogP contribution >= 0.6 is 12.2 Å². The van der Waals surface area contributed by atoms with E-state index in [9.17, 15) is 0 Å². The summed E-state index contributed by atoms with van der Waals surface area (Å²) in [5.74, 6) is 0.467. The first kappa shape index (κ1) is 13.2. The first-order chi connectivity index (χ1) is 8.48. The summed E-state index contributed by atoms with van der Waals surface area (Å²) in [7, 11) is 0. The molecule has 0 bridgehead atoms. The zero-order chi connectivity index (χ0) is 13.2. The van der Waals surface area contributed by atoms with E-state index < -0.39 is 0 Å². The largest absolute Gasteiger partial charge is 0.473 e. The molecule has 0 aliphatic heterocycles. The Morgan fingerprint density at radius 2 is 1.94 bits per heavy atom. The molecular weight excluding hydrogens is 246 g/mol. The Kier molecular flexibility index (Phi) is 3.80. The topological polar surface area (TPSA) is 61.0 Å². The highest BCUT2D eigenvalue weighted by molar-refractivity contribution is 7.80. The normalized spacial score (nSPS) is 19.4. The lowest BCUT2D eigenvalue weighted by atomic mass is 9.76. The number of nitrogens with two attached hydrogens (primary N) is 1. The lowest BCUT2D eigenvalue weighted by Gasteiger charge is -2.34. The summed E-state index contributed by atoms with van der Waals surface area (Å²) in [5.41, 5.74) is 6.52. The average molecular weight is 265 g/mol. The van der Waals surface area contributed by atoms with Crippen molar-refractivity contribution in [2.45, 2.75) is 45.6 Å². The fourth-order valence-electron chi connectivity index (χ4n) is 2.23. The number of hydrogen-bond donors (Lipinski definition) is 1. The summed E-state index contributed by atoms with van der Waals surface area (Å²) in [6.45, 7) is 4.60. The van der Waals surface area contributed by atoms with E-state index in [1.54, 1.807) is 12.4 Å². The quantitative estimate of drug-likeness (QED) is 0.851. The molecule has 0 radical (unpaired) electrons. The van der Waals surface area contributed by atoms with Gasteiger partial charge in [-0.25, -0.2) is 9.97 Å². The summed E-state index contributed by atoms with van der Waals surface area (Å²) in [6, 6.07) is 0. The fraction of sp³-hybridized carbons (Fsp3) is 0.615. The van der Waals surface area contributed by atoms with Crippen LogP contribution in [0.4, 0.5) is 0 Å². The minimum absolute atomic E-state index is 0.197. The molecule has 1 aromatic rings. The van der Waals surface area contributed by atoms with Crippen molar-refractivity contribution in [2.75, 3.05) is 0 Å². The summed E-state index contributed by atoms with van der Waals surface area (Å²) in [5, 5.41) is 0. The molecule has 98 valence electrons. The predicted molar refractivity (Wildman–Crippen MR) is 74.6 cm³/mol. The van der Waals surface area contributed by atoms with Crippen LogP contribution in [0.5, 0.6) is 5.88 Å². The van der Waals surface area contributed by atoms with Gasteiger partial charge in [-0.15, -0.1) is 0 Å². The molecule has 1 aromatic heterocycles. The van der Waals surface area contributed by atoms with Crippen LogP contribution in [0.1, 0.15) is 45.2 Å². The molecule has 1 aliphatic carbocycles. The molecule has 0 unspecified atom stereocenters. The SMILES string of the molecule is CC1(C)CCC(Oc2nccnc2C(N)=S)CC1. The van der Waals surface area contributed by atoms with Gasteiger partial charge in [-0.1, -0.05) is 26.1 Å². The van der Waals surface area contributed by atoms with Crippen molar-refractivity contribution in [1.82, 2.24) is 9.97 Å². The van der Waals surface area contributed by atoms with Gasteiger partial charge in [-0.05, 0) is 31.1 Å². The van der Waals surface area contributed by atoms with Crippen LogP contribution in [0.15, 0.2) is 12.4 Å². The highest BCUT2D eigenvalue weighted by Gasteiger charge is 2.28. The molecule has 2 rings (SSSR count). The van der Waals surface area contributed by atoms with Crippen molar-refractivity contribution in [1.29, 1.82) is 0 Å². The minimum atomic E-state index is 0.197.